The Labute approximate surface area is 227 Å². The summed E-state index contributed by atoms with van der Waals surface area (Å²) in [5, 5.41) is 25.7. The minimum atomic E-state index is -4.64. The first kappa shape index (κ1) is 33.7. The van der Waals surface area contributed by atoms with Crippen molar-refractivity contribution in [3.63, 3.8) is 0 Å². The lowest BCUT2D eigenvalue weighted by atomic mass is 9.96. The van der Waals surface area contributed by atoms with Crippen LogP contribution in [0.15, 0.2) is 21.9 Å². The van der Waals surface area contributed by atoms with Crippen LogP contribution in [0.25, 0.3) is 0 Å². The van der Waals surface area contributed by atoms with Crippen molar-refractivity contribution in [1.29, 1.82) is 0 Å². The van der Waals surface area contributed by atoms with E-state index >= 15 is 0 Å². The molecule has 2 heterocycles. The number of ether oxygens (including phenoxy) is 3. The largest absolute Gasteiger partial charge is 0.462 e. The third kappa shape index (κ3) is 8.02. The molecule has 0 aliphatic carbocycles. The number of aliphatic hydroxyl groups excluding tert-OH is 2. The highest BCUT2D eigenvalue weighted by Crippen LogP contribution is 2.46. The Balaban J connectivity index is 2.39. The quantitative estimate of drug-likeness (QED) is 0.147. The van der Waals surface area contributed by atoms with E-state index in [2.05, 4.69) is 10.2 Å². The van der Waals surface area contributed by atoms with Crippen LogP contribution in [0.1, 0.15) is 47.8 Å². The van der Waals surface area contributed by atoms with E-state index in [9.17, 15) is 42.7 Å². The maximum absolute atomic E-state index is 14.4. The van der Waals surface area contributed by atoms with Crippen molar-refractivity contribution in [2.45, 2.75) is 96.3 Å². The fourth-order valence-corrected chi connectivity index (χ4v) is 5.45. The highest BCUT2D eigenvalue weighted by Gasteiger charge is 2.61. The molecule has 1 aliphatic heterocycles. The van der Waals surface area contributed by atoms with Crippen LogP contribution in [0.2, 0.25) is 0 Å². The van der Waals surface area contributed by atoms with E-state index in [1.807, 2.05) is 4.98 Å². The molecular weight excluding hydrogens is 565 g/mol. The summed E-state index contributed by atoms with van der Waals surface area (Å²) in [4.78, 5) is 50.0. The summed E-state index contributed by atoms with van der Waals surface area (Å²) in [6.07, 6.45) is -10.2. The molecule has 6 atom stereocenters. The first-order valence-electron chi connectivity index (χ1n) is 12.3. The molecule has 15 nitrogen and oxygen atoms in total. The topological polar surface area (TPSA) is 208 Å². The summed E-state index contributed by atoms with van der Waals surface area (Å²) < 4.78 is 63.8. The average molecular weight is 601 g/mol. The summed E-state index contributed by atoms with van der Waals surface area (Å²) in [6.45, 7) is 7.35. The molecule has 0 radical (unpaired) electrons. The zero-order chi connectivity index (χ0) is 30.6. The van der Waals surface area contributed by atoms with E-state index in [1.165, 1.54) is 13.8 Å². The zero-order valence-electron chi connectivity index (χ0n) is 22.7. The molecule has 1 aromatic heterocycles. The van der Waals surface area contributed by atoms with Gasteiger partial charge in [0.15, 0.2) is 11.8 Å². The molecule has 1 fully saturated rings. The van der Waals surface area contributed by atoms with Gasteiger partial charge in [-0.05, 0) is 41.5 Å². The maximum Gasteiger partial charge on any atom is 0.342 e. The van der Waals surface area contributed by atoms with E-state index < -0.39 is 92.2 Å². The van der Waals surface area contributed by atoms with Gasteiger partial charge in [-0.25, -0.2) is 23.7 Å². The molecule has 1 aliphatic rings. The van der Waals surface area contributed by atoms with Gasteiger partial charge < -0.3 is 28.9 Å². The van der Waals surface area contributed by atoms with Crippen LogP contribution >= 0.6 is 7.67 Å². The standard InChI is InChI=1S/C22H35F2N4O11P/c1-10(2)37-18(32)12(5)26-40(35,27-13(6)19(33)38-11(3)4)36-9-22(20(23)24)16(31)15(30)17(39-22)28-8-7-14(29)25-21(28)34/h7-8,10-13,15-17,20,30-31H,9H2,1-6H3,(H,25,29,34)(H2,26,27,35)/t12-,13-,15+,16-,17+,22+/m0/s1. The van der Waals surface area contributed by atoms with Crippen molar-refractivity contribution in [2.24, 2.45) is 0 Å². The lowest BCUT2D eigenvalue weighted by Crippen LogP contribution is -2.53. The third-order valence-electron chi connectivity index (χ3n) is 5.56. The highest BCUT2D eigenvalue weighted by atomic mass is 31.2. The smallest absolute Gasteiger partial charge is 0.342 e. The third-order valence-corrected chi connectivity index (χ3v) is 7.51. The van der Waals surface area contributed by atoms with Gasteiger partial charge >= 0.3 is 25.3 Å². The van der Waals surface area contributed by atoms with Crippen molar-refractivity contribution in [3.05, 3.63) is 33.1 Å². The first-order valence-corrected chi connectivity index (χ1v) is 13.9. The SMILES string of the molecule is CC(C)OC(=O)[C@H](C)NP(=O)(N[C@@H](C)C(=O)OC(C)C)OC[C@@]1(C(F)F)O[C@@H](n2ccc(=O)[nH]c2=O)[C@H](O)[C@@H]1O. The molecule has 1 aromatic rings. The number of rotatable bonds is 13. The average Bonchev–Trinajstić information content (AvgIpc) is 3.08. The molecule has 1 saturated heterocycles. The van der Waals surface area contributed by atoms with Crippen LogP contribution in [0.3, 0.4) is 0 Å². The van der Waals surface area contributed by atoms with Crippen molar-refractivity contribution in [2.75, 3.05) is 6.61 Å². The van der Waals surface area contributed by atoms with Crippen LogP contribution in [-0.2, 0) is 32.9 Å². The first-order chi connectivity index (χ1) is 18.4. The van der Waals surface area contributed by atoms with Gasteiger partial charge in [-0.2, -0.15) is 0 Å². The molecule has 2 rings (SSSR count). The highest BCUT2D eigenvalue weighted by molar-refractivity contribution is 7.54. The lowest BCUT2D eigenvalue weighted by Gasteiger charge is -2.33. The Kier molecular flexibility index (Phi) is 11.3. The lowest BCUT2D eigenvalue weighted by molar-refractivity contribution is -0.192. The number of halogens is 2. The zero-order valence-corrected chi connectivity index (χ0v) is 23.6. The molecule has 0 spiro atoms. The second kappa shape index (κ2) is 13.4. The van der Waals surface area contributed by atoms with Crippen LogP contribution in [0, 0.1) is 0 Å². The van der Waals surface area contributed by atoms with E-state index in [0.29, 0.717) is 4.57 Å². The number of carbonyl (C=O) groups excluding carboxylic acids is 2. The number of esters is 2. The van der Waals surface area contributed by atoms with E-state index in [1.54, 1.807) is 27.7 Å². The number of aromatic nitrogens is 2. The van der Waals surface area contributed by atoms with E-state index in [0.717, 1.165) is 12.3 Å². The summed E-state index contributed by atoms with van der Waals surface area (Å²) >= 11 is 0. The number of alkyl halides is 2. The minimum Gasteiger partial charge on any atom is -0.462 e. The Hall–Kier alpha value is -2.53. The Morgan fingerprint density at radius 2 is 1.57 bits per heavy atom. The number of H-pyrrole nitrogens is 1. The number of hydrogen-bond donors (Lipinski definition) is 5. The van der Waals surface area contributed by atoms with E-state index in [4.69, 9.17) is 18.7 Å². The van der Waals surface area contributed by atoms with Gasteiger partial charge in [-0.15, -0.1) is 0 Å². The molecule has 0 unspecified atom stereocenters. The van der Waals surface area contributed by atoms with Crippen LogP contribution in [0.5, 0.6) is 0 Å². The molecule has 0 aromatic carbocycles. The number of nitrogens with one attached hydrogen (secondary N) is 3. The number of hydrogen-bond acceptors (Lipinski definition) is 11. The molecule has 18 heteroatoms. The van der Waals surface area contributed by atoms with Crippen LogP contribution in [0.4, 0.5) is 8.78 Å². The Morgan fingerprint density at radius 1 is 1.07 bits per heavy atom. The molecule has 0 saturated carbocycles. The molecule has 0 bridgehead atoms. The van der Waals surface area contributed by atoms with Gasteiger partial charge in [0, 0.05) is 12.3 Å². The van der Waals surface area contributed by atoms with Gasteiger partial charge in [0.25, 0.3) is 12.0 Å². The van der Waals surface area contributed by atoms with Crippen LogP contribution in [-0.4, -0.2) is 86.8 Å². The number of aromatic amines is 1. The molecule has 40 heavy (non-hydrogen) atoms. The van der Waals surface area contributed by atoms with Gasteiger partial charge in [0.1, 0.15) is 24.3 Å². The summed E-state index contributed by atoms with van der Waals surface area (Å²) in [5.41, 5.74) is -4.99. The maximum atomic E-state index is 14.4. The van der Waals surface area contributed by atoms with E-state index in [-0.39, 0.29) is 0 Å². The van der Waals surface area contributed by atoms with Gasteiger partial charge in [-0.1, -0.05) is 0 Å². The van der Waals surface area contributed by atoms with Crippen molar-refractivity contribution in [3.8, 4) is 0 Å². The second-order valence-electron chi connectivity index (χ2n) is 9.71. The minimum absolute atomic E-state index is 0.552. The van der Waals surface area contributed by atoms with Crippen molar-refractivity contribution in [1.82, 2.24) is 19.7 Å². The van der Waals surface area contributed by atoms with Crippen molar-refractivity contribution >= 4 is 19.6 Å². The number of nitrogens with zero attached hydrogens (tertiary/aromatic N) is 1. The second-order valence-corrected chi connectivity index (χ2v) is 11.6. The Morgan fingerprint density at radius 3 is 2.00 bits per heavy atom. The van der Waals surface area contributed by atoms with Crippen LogP contribution < -0.4 is 21.4 Å². The molecule has 228 valence electrons. The Bertz CT molecular complexity index is 1180. The molecular formula is C22H35F2N4O11P. The van der Waals surface area contributed by atoms with Gasteiger partial charge in [-0.3, -0.25) is 28.5 Å². The summed E-state index contributed by atoms with van der Waals surface area (Å²) in [6, 6.07) is -1.83. The predicted octanol–water partition coefficient (Wildman–Crippen LogP) is -0.225. The molecule has 5 N–H and O–H groups in total. The van der Waals surface area contributed by atoms with Gasteiger partial charge in [0.05, 0.1) is 18.8 Å². The normalized spacial score (nSPS) is 24.9. The van der Waals surface area contributed by atoms with Crippen molar-refractivity contribution < 1.29 is 51.9 Å². The number of aliphatic hydroxyl groups is 2. The summed E-state index contributed by atoms with van der Waals surface area (Å²) in [5.74, 6) is -1.77. The predicted molar refractivity (Wildman–Crippen MR) is 133 cm³/mol. The fourth-order valence-electron chi connectivity index (χ4n) is 3.61. The van der Waals surface area contributed by atoms with Gasteiger partial charge in [0.2, 0.25) is 0 Å². The monoisotopic (exact) mass is 600 g/mol. The summed E-state index contributed by atoms with van der Waals surface area (Å²) in [7, 11) is -4.64. The molecule has 0 amide bonds. The fraction of sp³-hybridized carbons (Fsp3) is 0.727. The number of carbonyl (C=O) groups is 2.